The van der Waals surface area contributed by atoms with Gasteiger partial charge < -0.3 is 20.1 Å². The number of carbonyl (C=O) groups excluding carboxylic acids is 3. The minimum atomic E-state index is -0.863. The fourth-order valence-electron chi connectivity index (χ4n) is 1.79. The standard InChI is InChI=1S/C16H22N2O5/c1-11(16(21)17-8-9-22-3)23-15(20)10-13-4-6-14(7-5-13)18-12(2)19/h4-7,11H,8-10H2,1-3H3,(H,17,21)(H,18,19)/t11-/m1/s1. The zero-order chi connectivity index (χ0) is 17.2. The van der Waals surface area contributed by atoms with Crippen molar-refractivity contribution < 1.29 is 23.9 Å². The van der Waals surface area contributed by atoms with E-state index in [4.69, 9.17) is 9.47 Å². The fourth-order valence-corrected chi connectivity index (χ4v) is 1.79. The number of hydrogen-bond acceptors (Lipinski definition) is 5. The molecule has 1 aromatic rings. The summed E-state index contributed by atoms with van der Waals surface area (Å²) in [7, 11) is 1.53. The molecule has 126 valence electrons. The largest absolute Gasteiger partial charge is 0.452 e. The van der Waals surface area contributed by atoms with Crippen molar-refractivity contribution in [2.24, 2.45) is 0 Å². The van der Waals surface area contributed by atoms with Crippen LogP contribution in [0, 0.1) is 0 Å². The average Bonchev–Trinajstić information content (AvgIpc) is 2.48. The Morgan fingerprint density at radius 1 is 1.17 bits per heavy atom. The van der Waals surface area contributed by atoms with Crippen LogP contribution >= 0.6 is 0 Å². The van der Waals surface area contributed by atoms with Crippen LogP contribution in [0.1, 0.15) is 19.4 Å². The summed E-state index contributed by atoms with van der Waals surface area (Å²) >= 11 is 0. The summed E-state index contributed by atoms with van der Waals surface area (Å²) in [4.78, 5) is 34.4. The van der Waals surface area contributed by atoms with Crippen molar-refractivity contribution >= 4 is 23.5 Å². The third-order valence-corrected chi connectivity index (χ3v) is 2.91. The second kappa shape index (κ2) is 9.58. The highest BCUT2D eigenvalue weighted by Crippen LogP contribution is 2.10. The highest BCUT2D eigenvalue weighted by molar-refractivity contribution is 5.88. The van der Waals surface area contributed by atoms with E-state index in [-0.39, 0.29) is 18.2 Å². The molecule has 0 unspecified atom stereocenters. The van der Waals surface area contributed by atoms with Gasteiger partial charge in [0.1, 0.15) is 0 Å². The lowest BCUT2D eigenvalue weighted by Crippen LogP contribution is -2.37. The first-order chi connectivity index (χ1) is 10.9. The maximum Gasteiger partial charge on any atom is 0.311 e. The van der Waals surface area contributed by atoms with E-state index >= 15 is 0 Å². The average molecular weight is 322 g/mol. The molecule has 0 heterocycles. The van der Waals surface area contributed by atoms with Crippen molar-refractivity contribution in [3.05, 3.63) is 29.8 Å². The summed E-state index contributed by atoms with van der Waals surface area (Å²) in [6.07, 6.45) is -0.811. The van der Waals surface area contributed by atoms with Gasteiger partial charge in [-0.1, -0.05) is 12.1 Å². The number of ether oxygens (including phenoxy) is 2. The van der Waals surface area contributed by atoms with E-state index in [1.807, 2.05) is 0 Å². The van der Waals surface area contributed by atoms with Crippen molar-refractivity contribution in [3.63, 3.8) is 0 Å². The number of carbonyl (C=O) groups is 3. The van der Waals surface area contributed by atoms with Crippen LogP contribution in [0.2, 0.25) is 0 Å². The molecule has 7 nitrogen and oxygen atoms in total. The van der Waals surface area contributed by atoms with E-state index in [1.54, 1.807) is 24.3 Å². The molecule has 2 N–H and O–H groups in total. The normalized spacial score (nSPS) is 11.4. The monoisotopic (exact) mass is 322 g/mol. The molecule has 1 aromatic carbocycles. The van der Waals surface area contributed by atoms with Gasteiger partial charge in [-0.05, 0) is 24.6 Å². The van der Waals surface area contributed by atoms with Crippen molar-refractivity contribution in [3.8, 4) is 0 Å². The quantitative estimate of drug-likeness (QED) is 0.547. The van der Waals surface area contributed by atoms with E-state index in [0.717, 1.165) is 5.56 Å². The van der Waals surface area contributed by atoms with E-state index in [2.05, 4.69) is 10.6 Å². The molecule has 0 aliphatic rings. The first kappa shape index (κ1) is 18.6. The van der Waals surface area contributed by atoms with Gasteiger partial charge in [0.2, 0.25) is 5.91 Å². The van der Waals surface area contributed by atoms with Crippen LogP contribution in [0.15, 0.2) is 24.3 Å². The predicted molar refractivity (Wildman–Crippen MR) is 84.9 cm³/mol. The summed E-state index contributed by atoms with van der Waals surface area (Å²) in [6.45, 7) is 3.69. The molecule has 0 bridgehead atoms. The van der Waals surface area contributed by atoms with Crippen LogP contribution in [0.3, 0.4) is 0 Å². The number of methoxy groups -OCH3 is 1. The third kappa shape index (κ3) is 7.42. The summed E-state index contributed by atoms with van der Waals surface area (Å²) < 4.78 is 9.90. The summed E-state index contributed by atoms with van der Waals surface area (Å²) in [5.74, 6) is -1.02. The molecule has 0 aliphatic heterocycles. The molecular weight excluding hydrogens is 300 g/mol. The number of amides is 2. The minimum Gasteiger partial charge on any atom is -0.452 e. The molecule has 0 radical (unpaired) electrons. The Bertz CT molecular complexity index is 542. The lowest BCUT2D eigenvalue weighted by atomic mass is 10.1. The smallest absolute Gasteiger partial charge is 0.311 e. The topological polar surface area (TPSA) is 93.7 Å². The number of esters is 1. The molecule has 1 rings (SSSR count). The maximum absolute atomic E-state index is 11.8. The molecule has 0 fully saturated rings. The number of hydrogen-bond donors (Lipinski definition) is 2. The highest BCUT2D eigenvalue weighted by atomic mass is 16.5. The van der Waals surface area contributed by atoms with Crippen molar-refractivity contribution in [1.82, 2.24) is 5.32 Å². The Labute approximate surface area is 135 Å². The van der Waals surface area contributed by atoms with Gasteiger partial charge >= 0.3 is 5.97 Å². The van der Waals surface area contributed by atoms with Crippen LogP contribution < -0.4 is 10.6 Å². The number of rotatable bonds is 8. The van der Waals surface area contributed by atoms with Gasteiger partial charge in [0.15, 0.2) is 6.10 Å². The van der Waals surface area contributed by atoms with E-state index in [0.29, 0.717) is 18.8 Å². The fraction of sp³-hybridized carbons (Fsp3) is 0.438. The molecule has 23 heavy (non-hydrogen) atoms. The first-order valence-electron chi connectivity index (χ1n) is 7.25. The van der Waals surface area contributed by atoms with Crippen LogP contribution in [0.25, 0.3) is 0 Å². The second-order valence-corrected chi connectivity index (χ2v) is 4.97. The first-order valence-corrected chi connectivity index (χ1v) is 7.25. The Morgan fingerprint density at radius 3 is 2.39 bits per heavy atom. The molecule has 0 aliphatic carbocycles. The van der Waals surface area contributed by atoms with E-state index in [9.17, 15) is 14.4 Å². The van der Waals surface area contributed by atoms with Gasteiger partial charge in [0.05, 0.1) is 13.0 Å². The SMILES string of the molecule is COCCNC(=O)[C@@H](C)OC(=O)Cc1ccc(NC(C)=O)cc1. The van der Waals surface area contributed by atoms with Crippen molar-refractivity contribution in [2.75, 3.05) is 25.6 Å². The minimum absolute atomic E-state index is 0.0516. The van der Waals surface area contributed by atoms with Gasteiger partial charge in [-0.25, -0.2) is 0 Å². The molecule has 0 aromatic heterocycles. The Hall–Kier alpha value is -2.41. The van der Waals surface area contributed by atoms with Crippen molar-refractivity contribution in [1.29, 1.82) is 0 Å². The maximum atomic E-state index is 11.8. The molecule has 0 saturated carbocycles. The highest BCUT2D eigenvalue weighted by Gasteiger charge is 2.17. The zero-order valence-corrected chi connectivity index (χ0v) is 13.5. The number of anilines is 1. The van der Waals surface area contributed by atoms with Crippen LogP contribution in [-0.2, 0) is 30.3 Å². The summed E-state index contributed by atoms with van der Waals surface area (Å²) in [6, 6.07) is 6.83. The molecule has 0 spiro atoms. The Kier molecular flexibility index (Phi) is 7.76. The van der Waals surface area contributed by atoms with Gasteiger partial charge in [-0.2, -0.15) is 0 Å². The van der Waals surface area contributed by atoms with Crippen molar-refractivity contribution in [2.45, 2.75) is 26.4 Å². The summed E-state index contributed by atoms with van der Waals surface area (Å²) in [5, 5.41) is 5.24. The second-order valence-electron chi connectivity index (χ2n) is 4.97. The Morgan fingerprint density at radius 2 is 1.83 bits per heavy atom. The zero-order valence-electron chi connectivity index (χ0n) is 13.5. The third-order valence-electron chi connectivity index (χ3n) is 2.91. The summed E-state index contributed by atoms with van der Waals surface area (Å²) in [5.41, 5.74) is 1.39. The van der Waals surface area contributed by atoms with Gasteiger partial charge in [0, 0.05) is 26.3 Å². The van der Waals surface area contributed by atoms with Crippen LogP contribution in [0.5, 0.6) is 0 Å². The predicted octanol–water partition coefficient (Wildman–Crippen LogP) is 0.882. The van der Waals surface area contributed by atoms with E-state index in [1.165, 1.54) is 21.0 Å². The van der Waals surface area contributed by atoms with Gasteiger partial charge in [-0.3, -0.25) is 14.4 Å². The van der Waals surface area contributed by atoms with Crippen LogP contribution in [-0.4, -0.2) is 44.1 Å². The van der Waals surface area contributed by atoms with Gasteiger partial charge in [-0.15, -0.1) is 0 Å². The number of benzene rings is 1. The lowest BCUT2D eigenvalue weighted by molar-refractivity contribution is -0.154. The van der Waals surface area contributed by atoms with Gasteiger partial charge in [0.25, 0.3) is 5.91 Å². The van der Waals surface area contributed by atoms with Crippen LogP contribution in [0.4, 0.5) is 5.69 Å². The Balaban J connectivity index is 2.43. The molecular formula is C16H22N2O5. The lowest BCUT2D eigenvalue weighted by Gasteiger charge is -2.13. The molecule has 7 heteroatoms. The molecule has 1 atom stereocenters. The van der Waals surface area contributed by atoms with E-state index < -0.39 is 12.1 Å². The number of nitrogens with one attached hydrogen (secondary N) is 2. The molecule has 0 saturated heterocycles. The molecule has 2 amide bonds.